The van der Waals surface area contributed by atoms with Gasteiger partial charge in [-0.05, 0) is 62.7 Å². The lowest BCUT2D eigenvalue weighted by Gasteiger charge is -2.38. The SMILES string of the molecule is CC(C)c1ccccc1[P@](C)c1cccc2c1Oc1c([P@@](C)c3ccccc3C(C)C)cccc1C2(C)C. The van der Waals surface area contributed by atoms with Crippen molar-refractivity contribution in [1.82, 2.24) is 0 Å². The molecule has 0 saturated carbocycles. The lowest BCUT2D eigenvalue weighted by atomic mass is 9.76. The summed E-state index contributed by atoms with van der Waals surface area (Å²) in [5.41, 5.74) is 5.32. The van der Waals surface area contributed by atoms with Crippen LogP contribution in [0.4, 0.5) is 0 Å². The zero-order valence-electron chi connectivity index (χ0n) is 24.0. The van der Waals surface area contributed by atoms with Gasteiger partial charge in [-0.1, -0.05) is 126 Å². The molecule has 4 aromatic rings. The number of rotatable bonds is 6. The molecule has 0 saturated heterocycles. The van der Waals surface area contributed by atoms with Crippen LogP contribution in [0.1, 0.15) is 75.6 Å². The highest BCUT2D eigenvalue weighted by atomic mass is 31.1. The Balaban J connectivity index is 1.66. The van der Waals surface area contributed by atoms with Gasteiger partial charge in [0, 0.05) is 27.2 Å². The monoisotopic (exact) mass is 538 g/mol. The molecule has 3 heteroatoms. The quantitative estimate of drug-likeness (QED) is 0.224. The van der Waals surface area contributed by atoms with Crippen molar-refractivity contribution in [2.75, 3.05) is 13.3 Å². The number of fused-ring (bicyclic) bond motifs is 2. The first kappa shape index (κ1) is 27.1. The minimum absolute atomic E-state index is 0.142. The molecule has 1 aliphatic rings. The van der Waals surface area contributed by atoms with Crippen LogP contribution in [0, 0.1) is 0 Å². The van der Waals surface area contributed by atoms with E-state index in [9.17, 15) is 0 Å². The Hall–Kier alpha value is -2.46. The molecule has 0 radical (unpaired) electrons. The van der Waals surface area contributed by atoms with Gasteiger partial charge in [-0.25, -0.2) is 0 Å². The largest absolute Gasteiger partial charge is 0.455 e. The van der Waals surface area contributed by atoms with Crippen molar-refractivity contribution in [3.63, 3.8) is 0 Å². The summed E-state index contributed by atoms with van der Waals surface area (Å²) in [6.07, 6.45) is 0. The molecule has 0 amide bonds. The predicted molar refractivity (Wildman–Crippen MR) is 170 cm³/mol. The van der Waals surface area contributed by atoms with E-state index in [1.807, 2.05) is 0 Å². The molecular formula is C35H40OP2. The van der Waals surface area contributed by atoms with E-state index >= 15 is 0 Å². The number of hydrogen-bond acceptors (Lipinski definition) is 1. The third-order valence-corrected chi connectivity index (χ3v) is 12.5. The molecule has 5 rings (SSSR count). The fourth-order valence-corrected chi connectivity index (χ4v) is 9.99. The molecule has 0 aliphatic carbocycles. The van der Waals surface area contributed by atoms with Crippen LogP contribution in [0.3, 0.4) is 0 Å². The van der Waals surface area contributed by atoms with E-state index in [1.165, 1.54) is 43.5 Å². The highest BCUT2D eigenvalue weighted by molar-refractivity contribution is 7.73. The van der Waals surface area contributed by atoms with Crippen LogP contribution in [0.25, 0.3) is 0 Å². The second-order valence-electron chi connectivity index (χ2n) is 11.6. The highest BCUT2D eigenvalue weighted by Gasteiger charge is 2.38. The van der Waals surface area contributed by atoms with Crippen LogP contribution >= 0.6 is 15.8 Å². The Morgan fingerprint density at radius 3 is 1.29 bits per heavy atom. The van der Waals surface area contributed by atoms with Crippen molar-refractivity contribution in [2.24, 2.45) is 0 Å². The number of para-hydroxylation sites is 2. The normalized spacial score (nSPS) is 15.5. The number of hydrogen-bond donors (Lipinski definition) is 0. The number of benzene rings is 4. The smallest absolute Gasteiger partial charge is 0.139 e. The fourth-order valence-electron chi connectivity index (χ4n) is 5.85. The molecule has 2 atom stereocenters. The van der Waals surface area contributed by atoms with Crippen molar-refractivity contribution in [3.8, 4) is 11.5 Å². The van der Waals surface area contributed by atoms with Crippen LogP contribution in [0.15, 0.2) is 84.9 Å². The zero-order valence-corrected chi connectivity index (χ0v) is 25.8. The average molecular weight is 539 g/mol. The Kier molecular flexibility index (Phi) is 7.57. The second-order valence-corrected chi connectivity index (χ2v) is 15.7. The molecule has 1 nitrogen and oxygen atoms in total. The van der Waals surface area contributed by atoms with Crippen molar-refractivity contribution in [2.45, 2.75) is 58.8 Å². The summed E-state index contributed by atoms with van der Waals surface area (Å²) < 4.78 is 7.09. The third kappa shape index (κ3) is 4.63. The summed E-state index contributed by atoms with van der Waals surface area (Å²) >= 11 is 0. The van der Waals surface area contributed by atoms with Crippen molar-refractivity contribution >= 4 is 37.1 Å². The van der Waals surface area contributed by atoms with Gasteiger partial charge in [0.05, 0.1) is 0 Å². The molecule has 0 bridgehead atoms. The summed E-state index contributed by atoms with van der Waals surface area (Å²) in [4.78, 5) is 0. The van der Waals surface area contributed by atoms with Crippen molar-refractivity contribution in [1.29, 1.82) is 0 Å². The topological polar surface area (TPSA) is 9.23 Å². The van der Waals surface area contributed by atoms with Gasteiger partial charge in [0.1, 0.15) is 11.5 Å². The first-order valence-corrected chi connectivity index (χ1v) is 17.3. The maximum absolute atomic E-state index is 7.09. The Labute approximate surface area is 232 Å². The fraction of sp³-hybridized carbons (Fsp3) is 0.314. The third-order valence-electron chi connectivity index (χ3n) is 8.10. The van der Waals surface area contributed by atoms with Gasteiger partial charge >= 0.3 is 0 Å². The molecule has 1 heterocycles. The number of ether oxygens (including phenoxy) is 1. The van der Waals surface area contributed by atoms with E-state index in [-0.39, 0.29) is 5.41 Å². The van der Waals surface area contributed by atoms with Crippen LogP contribution in [0.5, 0.6) is 11.5 Å². The molecule has 0 aromatic heterocycles. The van der Waals surface area contributed by atoms with Gasteiger partial charge in [-0.15, -0.1) is 0 Å². The van der Waals surface area contributed by atoms with Gasteiger partial charge in [-0.2, -0.15) is 0 Å². The van der Waals surface area contributed by atoms with Gasteiger partial charge in [0.2, 0.25) is 0 Å². The van der Waals surface area contributed by atoms with Gasteiger partial charge < -0.3 is 4.74 Å². The van der Waals surface area contributed by atoms with E-state index in [0.29, 0.717) is 11.8 Å². The van der Waals surface area contributed by atoms with E-state index in [0.717, 1.165) is 11.5 Å². The van der Waals surface area contributed by atoms with Crippen LogP contribution in [-0.4, -0.2) is 13.3 Å². The molecule has 0 spiro atoms. The molecule has 1 aliphatic heterocycles. The molecule has 0 unspecified atom stereocenters. The Morgan fingerprint density at radius 2 is 0.895 bits per heavy atom. The van der Waals surface area contributed by atoms with Crippen LogP contribution < -0.4 is 26.0 Å². The maximum atomic E-state index is 7.09. The van der Waals surface area contributed by atoms with Gasteiger partial charge in [0.15, 0.2) is 0 Å². The minimum atomic E-state index is -0.572. The lowest BCUT2D eigenvalue weighted by Crippen LogP contribution is -2.31. The Morgan fingerprint density at radius 1 is 0.526 bits per heavy atom. The lowest BCUT2D eigenvalue weighted by molar-refractivity contribution is 0.425. The summed E-state index contributed by atoms with van der Waals surface area (Å²) in [6.45, 7) is 18.7. The molecular weight excluding hydrogens is 498 g/mol. The average Bonchev–Trinajstić information content (AvgIpc) is 2.92. The van der Waals surface area contributed by atoms with E-state index in [1.54, 1.807) is 0 Å². The summed E-state index contributed by atoms with van der Waals surface area (Å²) in [7, 11) is -1.14. The van der Waals surface area contributed by atoms with Gasteiger partial charge in [0.25, 0.3) is 0 Å². The standard InChI is InChI=1S/C35H40OP2/c1-23(2)25-15-9-11-19-29(25)37(7)31-21-13-17-27-33(31)36-34-28(35(27,5)6)18-14-22-32(34)38(8)30-20-12-10-16-26(30)24(3)4/h9-24H,1-8H3/t37-,38-/m0/s1. The summed E-state index contributed by atoms with van der Waals surface area (Å²) in [5.74, 6) is 3.13. The van der Waals surface area contributed by atoms with E-state index in [4.69, 9.17) is 4.74 Å². The van der Waals surface area contributed by atoms with Crippen LogP contribution in [0.2, 0.25) is 0 Å². The van der Waals surface area contributed by atoms with Gasteiger partial charge in [-0.3, -0.25) is 0 Å². The molecule has 38 heavy (non-hydrogen) atoms. The Bertz CT molecular complexity index is 1360. The summed E-state index contributed by atoms with van der Waals surface area (Å²) in [6, 6.07) is 31.6. The molecule has 196 valence electrons. The zero-order chi connectivity index (χ0) is 27.2. The molecule has 0 N–H and O–H groups in total. The maximum Gasteiger partial charge on any atom is 0.139 e. The van der Waals surface area contributed by atoms with Crippen molar-refractivity contribution in [3.05, 3.63) is 107 Å². The minimum Gasteiger partial charge on any atom is -0.455 e. The van der Waals surface area contributed by atoms with E-state index < -0.39 is 15.8 Å². The summed E-state index contributed by atoms with van der Waals surface area (Å²) in [5, 5.41) is 5.58. The predicted octanol–water partition coefficient (Wildman–Crippen LogP) is 8.49. The second kappa shape index (κ2) is 10.6. The van der Waals surface area contributed by atoms with Crippen LogP contribution in [-0.2, 0) is 5.41 Å². The van der Waals surface area contributed by atoms with Crippen molar-refractivity contribution < 1.29 is 4.74 Å². The molecule has 0 fully saturated rings. The first-order chi connectivity index (χ1) is 18.1. The van der Waals surface area contributed by atoms with E-state index in [2.05, 4.69) is 140 Å². The molecule has 4 aromatic carbocycles. The first-order valence-electron chi connectivity index (χ1n) is 13.7. The highest BCUT2D eigenvalue weighted by Crippen LogP contribution is 2.51.